The van der Waals surface area contributed by atoms with Crippen LogP contribution < -0.4 is 5.32 Å². The van der Waals surface area contributed by atoms with Gasteiger partial charge in [-0.15, -0.1) is 12.4 Å². The SMILES string of the molecule is CNCC1CCN(C(=O)c2cccc(S(=O)(=O)N3CCCCCC3)c2)C1.Cl. The Morgan fingerprint density at radius 2 is 1.85 bits per heavy atom. The summed E-state index contributed by atoms with van der Waals surface area (Å²) in [6, 6.07) is 6.55. The van der Waals surface area contributed by atoms with Crippen LogP contribution in [0.25, 0.3) is 0 Å². The van der Waals surface area contributed by atoms with Crippen molar-refractivity contribution in [3.8, 4) is 0 Å². The van der Waals surface area contributed by atoms with E-state index in [0.717, 1.165) is 51.7 Å². The first-order chi connectivity index (χ1) is 12.5. The molecule has 0 aromatic heterocycles. The molecule has 1 atom stereocenters. The zero-order chi connectivity index (χ0) is 18.6. The Morgan fingerprint density at radius 3 is 2.52 bits per heavy atom. The molecule has 152 valence electrons. The summed E-state index contributed by atoms with van der Waals surface area (Å²) in [6.07, 6.45) is 4.94. The second kappa shape index (κ2) is 9.87. The van der Waals surface area contributed by atoms with Crippen molar-refractivity contribution in [3.05, 3.63) is 29.8 Å². The van der Waals surface area contributed by atoms with Crippen LogP contribution in [0.5, 0.6) is 0 Å². The van der Waals surface area contributed by atoms with Crippen LogP contribution in [0.2, 0.25) is 0 Å². The molecule has 2 saturated heterocycles. The van der Waals surface area contributed by atoms with Gasteiger partial charge in [0.2, 0.25) is 10.0 Å². The summed E-state index contributed by atoms with van der Waals surface area (Å²) in [5, 5.41) is 3.16. The summed E-state index contributed by atoms with van der Waals surface area (Å²) < 4.78 is 27.5. The Balaban J connectivity index is 0.00000261. The lowest BCUT2D eigenvalue weighted by Crippen LogP contribution is -2.33. The second-order valence-electron chi connectivity index (χ2n) is 7.31. The number of likely N-dealkylation sites (tertiary alicyclic amines) is 1. The molecule has 6 nitrogen and oxygen atoms in total. The summed E-state index contributed by atoms with van der Waals surface area (Å²) >= 11 is 0. The average Bonchev–Trinajstić information content (AvgIpc) is 2.93. The van der Waals surface area contributed by atoms with Gasteiger partial charge in [-0.3, -0.25) is 4.79 Å². The Labute approximate surface area is 168 Å². The molecule has 27 heavy (non-hydrogen) atoms. The Morgan fingerprint density at radius 1 is 1.15 bits per heavy atom. The lowest BCUT2D eigenvalue weighted by molar-refractivity contribution is 0.0787. The highest BCUT2D eigenvalue weighted by Crippen LogP contribution is 2.23. The van der Waals surface area contributed by atoms with Crippen LogP contribution in [-0.2, 0) is 10.0 Å². The quantitative estimate of drug-likeness (QED) is 0.801. The largest absolute Gasteiger partial charge is 0.338 e. The number of nitrogens with one attached hydrogen (secondary N) is 1. The number of carbonyl (C=O) groups excluding carboxylic acids is 1. The van der Waals surface area contributed by atoms with Gasteiger partial charge in [0.1, 0.15) is 0 Å². The maximum Gasteiger partial charge on any atom is 0.253 e. The van der Waals surface area contributed by atoms with Gasteiger partial charge < -0.3 is 10.2 Å². The van der Waals surface area contributed by atoms with Gasteiger partial charge in [-0.1, -0.05) is 18.9 Å². The van der Waals surface area contributed by atoms with Crippen LogP contribution in [0.4, 0.5) is 0 Å². The minimum absolute atomic E-state index is 0. The number of carbonyl (C=O) groups is 1. The van der Waals surface area contributed by atoms with E-state index in [2.05, 4.69) is 5.32 Å². The standard InChI is InChI=1S/C19H29N3O3S.ClH/c1-20-14-16-9-12-21(15-16)19(23)17-7-6-8-18(13-17)26(24,25)22-10-4-2-3-5-11-22;/h6-8,13,16,20H,2-5,9-12,14-15H2,1H3;1H. The number of rotatable bonds is 5. The van der Waals surface area contributed by atoms with Crippen molar-refractivity contribution in [2.45, 2.75) is 37.0 Å². The number of nitrogens with zero attached hydrogens (tertiary/aromatic N) is 2. The van der Waals surface area contributed by atoms with E-state index in [4.69, 9.17) is 0 Å². The first-order valence-electron chi connectivity index (χ1n) is 9.56. The summed E-state index contributed by atoms with van der Waals surface area (Å²) in [7, 11) is -1.61. The van der Waals surface area contributed by atoms with Gasteiger partial charge in [0, 0.05) is 31.7 Å². The van der Waals surface area contributed by atoms with Crippen molar-refractivity contribution in [2.75, 3.05) is 39.8 Å². The summed E-state index contributed by atoms with van der Waals surface area (Å²) in [6.45, 7) is 3.49. The van der Waals surface area contributed by atoms with Crippen molar-refractivity contribution >= 4 is 28.3 Å². The molecule has 2 fully saturated rings. The molecule has 3 rings (SSSR count). The fourth-order valence-corrected chi connectivity index (χ4v) is 5.44. The third kappa shape index (κ3) is 5.22. The van der Waals surface area contributed by atoms with Gasteiger partial charge in [0.15, 0.2) is 0 Å². The van der Waals surface area contributed by atoms with E-state index >= 15 is 0 Å². The molecule has 1 aromatic rings. The molecule has 1 amide bonds. The lowest BCUT2D eigenvalue weighted by Gasteiger charge is -2.21. The molecular formula is C19H30ClN3O3S. The average molecular weight is 416 g/mol. The third-order valence-electron chi connectivity index (χ3n) is 5.35. The third-order valence-corrected chi connectivity index (χ3v) is 7.24. The first-order valence-corrected chi connectivity index (χ1v) is 11.0. The molecule has 0 saturated carbocycles. The van der Waals surface area contributed by atoms with Crippen LogP contribution in [0, 0.1) is 5.92 Å². The Bertz CT molecular complexity index is 733. The minimum atomic E-state index is -3.53. The topological polar surface area (TPSA) is 69.7 Å². The maximum absolute atomic E-state index is 13.0. The molecule has 0 radical (unpaired) electrons. The smallest absolute Gasteiger partial charge is 0.253 e. The molecule has 1 N–H and O–H groups in total. The highest BCUT2D eigenvalue weighted by Gasteiger charge is 2.29. The highest BCUT2D eigenvalue weighted by atomic mass is 35.5. The fraction of sp³-hybridized carbons (Fsp3) is 0.632. The number of sulfonamides is 1. The van der Waals surface area contributed by atoms with E-state index in [1.165, 1.54) is 0 Å². The van der Waals surface area contributed by atoms with Crippen LogP contribution in [-0.4, -0.2) is 63.3 Å². The summed E-state index contributed by atoms with van der Waals surface area (Å²) in [4.78, 5) is 14.9. The Hall–Kier alpha value is -1.15. The van der Waals surface area contributed by atoms with Gasteiger partial charge in [-0.25, -0.2) is 8.42 Å². The second-order valence-corrected chi connectivity index (χ2v) is 9.25. The molecule has 1 aromatic carbocycles. The van der Waals surface area contributed by atoms with Gasteiger partial charge in [0.05, 0.1) is 4.90 Å². The van der Waals surface area contributed by atoms with E-state index in [1.54, 1.807) is 28.6 Å². The first kappa shape index (κ1) is 22.1. The molecule has 0 bridgehead atoms. The highest BCUT2D eigenvalue weighted by molar-refractivity contribution is 7.89. The molecule has 8 heteroatoms. The number of halogens is 1. The van der Waals surface area contributed by atoms with Gasteiger partial charge in [0.25, 0.3) is 5.91 Å². The van der Waals surface area contributed by atoms with Crippen molar-refractivity contribution < 1.29 is 13.2 Å². The molecule has 2 aliphatic heterocycles. The van der Waals surface area contributed by atoms with Gasteiger partial charge >= 0.3 is 0 Å². The van der Waals surface area contributed by atoms with Crippen molar-refractivity contribution in [1.29, 1.82) is 0 Å². The summed E-state index contributed by atoms with van der Waals surface area (Å²) in [5.41, 5.74) is 0.464. The van der Waals surface area contributed by atoms with E-state index in [0.29, 0.717) is 24.6 Å². The van der Waals surface area contributed by atoms with E-state index in [-0.39, 0.29) is 23.2 Å². The normalized spacial score (nSPS) is 21.5. The lowest BCUT2D eigenvalue weighted by atomic mass is 10.1. The fourth-order valence-electron chi connectivity index (χ4n) is 3.88. The molecular weight excluding hydrogens is 386 g/mol. The monoisotopic (exact) mass is 415 g/mol. The summed E-state index contributed by atoms with van der Waals surface area (Å²) in [5.74, 6) is 0.393. The van der Waals surface area contributed by atoms with Crippen LogP contribution in [0.3, 0.4) is 0 Å². The predicted octanol–water partition coefficient (Wildman–Crippen LogP) is 2.35. The van der Waals surface area contributed by atoms with Gasteiger partial charge in [-0.05, 0) is 57.0 Å². The number of hydrogen-bond donors (Lipinski definition) is 1. The number of amides is 1. The molecule has 2 heterocycles. The van der Waals surface area contributed by atoms with E-state index in [9.17, 15) is 13.2 Å². The van der Waals surface area contributed by atoms with Crippen molar-refractivity contribution in [1.82, 2.24) is 14.5 Å². The molecule has 0 spiro atoms. The molecule has 0 aliphatic carbocycles. The van der Waals surface area contributed by atoms with Crippen molar-refractivity contribution in [3.63, 3.8) is 0 Å². The zero-order valence-corrected chi connectivity index (χ0v) is 17.5. The van der Waals surface area contributed by atoms with Crippen LogP contribution in [0.15, 0.2) is 29.2 Å². The Kier molecular flexibility index (Phi) is 8.09. The maximum atomic E-state index is 13.0. The zero-order valence-electron chi connectivity index (χ0n) is 15.9. The van der Waals surface area contributed by atoms with E-state index < -0.39 is 10.0 Å². The van der Waals surface area contributed by atoms with Crippen LogP contribution in [0.1, 0.15) is 42.5 Å². The predicted molar refractivity (Wildman–Crippen MR) is 109 cm³/mol. The minimum Gasteiger partial charge on any atom is -0.338 e. The van der Waals surface area contributed by atoms with Gasteiger partial charge in [-0.2, -0.15) is 4.31 Å². The number of benzene rings is 1. The van der Waals surface area contributed by atoms with Crippen LogP contribution >= 0.6 is 12.4 Å². The van der Waals surface area contributed by atoms with Crippen molar-refractivity contribution in [2.24, 2.45) is 5.92 Å². The number of hydrogen-bond acceptors (Lipinski definition) is 4. The van der Waals surface area contributed by atoms with E-state index in [1.807, 2.05) is 11.9 Å². The molecule has 2 aliphatic rings. The molecule has 1 unspecified atom stereocenters.